The fourth-order valence-corrected chi connectivity index (χ4v) is 2.65. The van der Waals surface area contributed by atoms with E-state index in [4.69, 9.17) is 0 Å². The van der Waals surface area contributed by atoms with E-state index in [9.17, 15) is 5.11 Å². The van der Waals surface area contributed by atoms with Crippen LogP contribution < -0.4 is 0 Å². The number of phenols is 1. The monoisotopic (exact) mass is 282 g/mol. The van der Waals surface area contributed by atoms with Gasteiger partial charge in [0, 0.05) is 5.41 Å². The fourth-order valence-electron chi connectivity index (χ4n) is 2.65. The highest BCUT2D eigenvalue weighted by Gasteiger charge is 2.22. The zero-order chi connectivity index (χ0) is 15.5. The molecule has 2 rings (SSSR count). The van der Waals surface area contributed by atoms with E-state index in [1.165, 1.54) is 23.1 Å². The van der Waals surface area contributed by atoms with Crippen LogP contribution in [0.15, 0.2) is 48.5 Å². The smallest absolute Gasteiger partial charge is 0.115 e. The molecule has 0 amide bonds. The quantitative estimate of drug-likeness (QED) is 0.788. The van der Waals surface area contributed by atoms with E-state index < -0.39 is 0 Å². The van der Waals surface area contributed by atoms with Gasteiger partial charge in [-0.1, -0.05) is 70.5 Å². The Morgan fingerprint density at radius 2 is 1.38 bits per heavy atom. The molecule has 21 heavy (non-hydrogen) atoms. The molecule has 2 aromatic carbocycles. The van der Waals surface area contributed by atoms with Gasteiger partial charge in [-0.2, -0.15) is 0 Å². The molecule has 0 spiro atoms. The van der Waals surface area contributed by atoms with Crippen LogP contribution in [0.4, 0.5) is 0 Å². The Kier molecular flexibility index (Phi) is 4.72. The van der Waals surface area contributed by atoms with Crippen LogP contribution in [0.1, 0.15) is 50.8 Å². The van der Waals surface area contributed by atoms with Crippen LogP contribution in [-0.4, -0.2) is 5.11 Å². The van der Waals surface area contributed by atoms with Crippen molar-refractivity contribution in [1.29, 1.82) is 0 Å². The van der Waals surface area contributed by atoms with Gasteiger partial charge in [-0.15, -0.1) is 0 Å². The molecule has 1 N–H and O–H groups in total. The lowest BCUT2D eigenvalue weighted by molar-refractivity contribution is 0.474. The average Bonchev–Trinajstić information content (AvgIpc) is 2.48. The van der Waals surface area contributed by atoms with Crippen LogP contribution in [0, 0.1) is 5.92 Å². The highest BCUT2D eigenvalue weighted by Crippen LogP contribution is 2.32. The topological polar surface area (TPSA) is 20.2 Å². The van der Waals surface area contributed by atoms with Crippen molar-refractivity contribution in [2.75, 3.05) is 0 Å². The predicted octanol–water partition coefficient (Wildman–Crippen LogP) is 5.31. The molecule has 2 aromatic rings. The van der Waals surface area contributed by atoms with E-state index in [0.29, 0.717) is 5.75 Å². The van der Waals surface area contributed by atoms with Crippen LogP contribution in [0.2, 0.25) is 0 Å². The van der Waals surface area contributed by atoms with Gasteiger partial charge in [-0.25, -0.2) is 0 Å². The van der Waals surface area contributed by atoms with E-state index in [2.05, 4.69) is 52.0 Å². The first kappa shape index (κ1) is 15.6. The Bertz CT molecular complexity index is 564. The van der Waals surface area contributed by atoms with Crippen molar-refractivity contribution in [2.24, 2.45) is 5.92 Å². The molecule has 0 aliphatic carbocycles. The van der Waals surface area contributed by atoms with Gasteiger partial charge in [0.05, 0.1) is 0 Å². The minimum Gasteiger partial charge on any atom is -0.508 e. The molecular formula is C20H26O. The molecule has 0 aliphatic heterocycles. The summed E-state index contributed by atoms with van der Waals surface area (Å²) in [5, 5.41) is 9.44. The van der Waals surface area contributed by atoms with Gasteiger partial charge >= 0.3 is 0 Å². The van der Waals surface area contributed by atoms with Crippen molar-refractivity contribution in [3.8, 4) is 5.75 Å². The van der Waals surface area contributed by atoms with Crippen LogP contribution in [0.25, 0.3) is 0 Å². The summed E-state index contributed by atoms with van der Waals surface area (Å²) in [6, 6.07) is 16.5. The molecule has 1 heteroatoms. The summed E-state index contributed by atoms with van der Waals surface area (Å²) in [4.78, 5) is 0. The summed E-state index contributed by atoms with van der Waals surface area (Å²) in [6.07, 6.45) is 2.37. The molecule has 0 heterocycles. The van der Waals surface area contributed by atoms with Crippen molar-refractivity contribution in [3.63, 3.8) is 0 Å². The number of aromatic hydroxyl groups is 1. The van der Waals surface area contributed by atoms with E-state index in [0.717, 1.165) is 12.3 Å². The third kappa shape index (κ3) is 3.66. The molecular weight excluding hydrogens is 256 g/mol. The van der Waals surface area contributed by atoms with E-state index >= 15 is 0 Å². The molecule has 0 saturated heterocycles. The minimum absolute atomic E-state index is 0.0530. The molecule has 1 nitrogen and oxygen atoms in total. The van der Waals surface area contributed by atoms with Gasteiger partial charge in [0.15, 0.2) is 0 Å². The van der Waals surface area contributed by atoms with Crippen molar-refractivity contribution < 1.29 is 5.11 Å². The lowest BCUT2D eigenvalue weighted by atomic mass is 9.78. The maximum Gasteiger partial charge on any atom is 0.115 e. The highest BCUT2D eigenvalue weighted by molar-refractivity contribution is 5.40. The molecule has 0 aliphatic rings. The SMILES string of the molecule is CCC(C)Cc1ccc(C(C)(C)c2ccc(O)cc2)cc1. The standard InChI is InChI=1S/C20H26O/c1-5-15(2)14-16-6-8-17(9-7-16)20(3,4)18-10-12-19(21)13-11-18/h6-13,15,21H,5,14H2,1-4H3. The fraction of sp³-hybridized carbons (Fsp3) is 0.400. The Morgan fingerprint density at radius 3 is 1.86 bits per heavy atom. The van der Waals surface area contributed by atoms with Gasteiger partial charge in [-0.05, 0) is 41.2 Å². The van der Waals surface area contributed by atoms with Crippen LogP contribution in [-0.2, 0) is 11.8 Å². The van der Waals surface area contributed by atoms with Gasteiger partial charge in [0.25, 0.3) is 0 Å². The van der Waals surface area contributed by atoms with Crippen molar-refractivity contribution in [1.82, 2.24) is 0 Å². The van der Waals surface area contributed by atoms with Gasteiger partial charge in [-0.3, -0.25) is 0 Å². The summed E-state index contributed by atoms with van der Waals surface area (Å²) < 4.78 is 0. The van der Waals surface area contributed by atoms with Gasteiger partial charge in [0.2, 0.25) is 0 Å². The number of hydrogen-bond donors (Lipinski definition) is 1. The predicted molar refractivity (Wildman–Crippen MR) is 89.8 cm³/mol. The first-order chi connectivity index (χ1) is 9.93. The van der Waals surface area contributed by atoms with Crippen molar-refractivity contribution in [3.05, 3.63) is 65.2 Å². The van der Waals surface area contributed by atoms with Crippen LogP contribution >= 0.6 is 0 Å². The first-order valence-electron chi connectivity index (χ1n) is 7.82. The summed E-state index contributed by atoms with van der Waals surface area (Å²) >= 11 is 0. The Balaban J connectivity index is 2.22. The Morgan fingerprint density at radius 1 is 0.905 bits per heavy atom. The summed E-state index contributed by atoms with van der Waals surface area (Å²) in [6.45, 7) is 8.99. The second kappa shape index (κ2) is 6.34. The normalized spacial score (nSPS) is 13.1. The zero-order valence-electron chi connectivity index (χ0n) is 13.6. The molecule has 0 bridgehead atoms. The first-order valence-corrected chi connectivity index (χ1v) is 7.82. The largest absolute Gasteiger partial charge is 0.508 e. The molecule has 1 atom stereocenters. The molecule has 0 radical (unpaired) electrons. The van der Waals surface area contributed by atoms with Gasteiger partial charge < -0.3 is 5.11 Å². The maximum atomic E-state index is 9.44. The van der Waals surface area contributed by atoms with E-state index in [1.54, 1.807) is 12.1 Å². The third-order valence-electron chi connectivity index (χ3n) is 4.55. The zero-order valence-corrected chi connectivity index (χ0v) is 13.6. The molecule has 0 aromatic heterocycles. The summed E-state index contributed by atoms with van der Waals surface area (Å²) in [5.74, 6) is 1.06. The number of rotatable bonds is 5. The molecule has 0 fully saturated rings. The Hall–Kier alpha value is -1.76. The van der Waals surface area contributed by atoms with Crippen molar-refractivity contribution in [2.45, 2.75) is 46.0 Å². The van der Waals surface area contributed by atoms with Crippen molar-refractivity contribution >= 4 is 0 Å². The highest BCUT2D eigenvalue weighted by atomic mass is 16.3. The number of benzene rings is 2. The number of phenolic OH excluding ortho intramolecular Hbond substituents is 1. The second-order valence-corrected chi connectivity index (χ2v) is 6.59. The lowest BCUT2D eigenvalue weighted by Crippen LogP contribution is -2.18. The summed E-state index contributed by atoms with van der Waals surface area (Å²) in [7, 11) is 0. The Labute approximate surface area is 128 Å². The lowest BCUT2D eigenvalue weighted by Gasteiger charge is -2.26. The summed E-state index contributed by atoms with van der Waals surface area (Å²) in [5.41, 5.74) is 3.88. The van der Waals surface area contributed by atoms with Crippen LogP contribution in [0.5, 0.6) is 5.75 Å². The average molecular weight is 282 g/mol. The van der Waals surface area contributed by atoms with E-state index in [1.807, 2.05) is 12.1 Å². The van der Waals surface area contributed by atoms with Crippen LogP contribution in [0.3, 0.4) is 0 Å². The second-order valence-electron chi connectivity index (χ2n) is 6.59. The number of hydrogen-bond acceptors (Lipinski definition) is 1. The van der Waals surface area contributed by atoms with E-state index in [-0.39, 0.29) is 5.41 Å². The van der Waals surface area contributed by atoms with Gasteiger partial charge in [0.1, 0.15) is 5.75 Å². The molecule has 0 saturated carbocycles. The molecule has 112 valence electrons. The molecule has 1 unspecified atom stereocenters. The maximum absolute atomic E-state index is 9.44. The minimum atomic E-state index is -0.0530. The third-order valence-corrected chi connectivity index (χ3v) is 4.55.